The summed E-state index contributed by atoms with van der Waals surface area (Å²) in [7, 11) is 0. The van der Waals surface area contributed by atoms with Gasteiger partial charge in [-0.1, -0.05) is 68.4 Å². The number of rotatable bonds is 4. The van der Waals surface area contributed by atoms with E-state index in [2.05, 4.69) is 22.0 Å². The van der Waals surface area contributed by atoms with Crippen LogP contribution in [0.25, 0.3) is 11.1 Å². The molecule has 31 heavy (non-hydrogen) atoms. The maximum Gasteiger partial charge on any atom is 0.253 e. The fourth-order valence-corrected chi connectivity index (χ4v) is 3.94. The molecule has 3 aromatic rings. The first kappa shape index (κ1) is 21.1. The highest BCUT2D eigenvalue weighted by atomic mass is 19.1. The molecule has 1 aromatic heterocycles. The van der Waals surface area contributed by atoms with Gasteiger partial charge in [0, 0.05) is 30.1 Å². The molecule has 0 atom stereocenters. The number of nitrogens with zero attached hydrogens (tertiary/aromatic N) is 3. The first-order valence-corrected chi connectivity index (χ1v) is 10.8. The van der Waals surface area contributed by atoms with Gasteiger partial charge in [0.25, 0.3) is 5.88 Å². The third-order valence-corrected chi connectivity index (χ3v) is 6.25. The summed E-state index contributed by atoms with van der Waals surface area (Å²) < 4.78 is 20.3. The number of likely N-dealkylation sites (tertiary alicyclic amines) is 1. The summed E-state index contributed by atoms with van der Waals surface area (Å²) in [5.41, 5.74) is 8.55. The van der Waals surface area contributed by atoms with Gasteiger partial charge < -0.3 is 15.2 Å². The van der Waals surface area contributed by atoms with Crippen LogP contribution in [0.3, 0.4) is 0 Å². The molecule has 162 valence electrons. The van der Waals surface area contributed by atoms with Gasteiger partial charge in [0.15, 0.2) is 5.96 Å². The van der Waals surface area contributed by atoms with E-state index in [4.69, 9.17) is 10.3 Å². The minimum Gasteiger partial charge on any atom is -0.369 e. The summed E-state index contributed by atoms with van der Waals surface area (Å²) in [6, 6.07) is 16.6. The van der Waals surface area contributed by atoms with Crippen molar-refractivity contribution in [2.45, 2.75) is 39.0 Å². The summed E-state index contributed by atoms with van der Waals surface area (Å²) >= 11 is 0. The number of aromatic nitrogens is 1. The van der Waals surface area contributed by atoms with Gasteiger partial charge in [-0.05, 0) is 36.0 Å². The Morgan fingerprint density at radius 2 is 1.84 bits per heavy atom. The molecule has 0 unspecified atom stereocenters. The molecule has 0 radical (unpaired) electrons. The molecule has 1 saturated heterocycles. The lowest BCUT2D eigenvalue weighted by molar-refractivity contribution is 0.278. The summed E-state index contributed by atoms with van der Waals surface area (Å²) in [6.07, 6.45) is 2.21. The van der Waals surface area contributed by atoms with Crippen molar-refractivity contribution in [3.8, 4) is 11.1 Å². The summed E-state index contributed by atoms with van der Waals surface area (Å²) in [5.74, 6) is 1.27. The maximum absolute atomic E-state index is 14.9. The largest absolute Gasteiger partial charge is 0.369 e. The van der Waals surface area contributed by atoms with E-state index in [9.17, 15) is 4.39 Å². The van der Waals surface area contributed by atoms with E-state index >= 15 is 0 Å². The van der Waals surface area contributed by atoms with E-state index in [0.29, 0.717) is 23.1 Å². The van der Waals surface area contributed by atoms with Gasteiger partial charge in [-0.15, -0.1) is 0 Å². The van der Waals surface area contributed by atoms with Crippen LogP contribution in [0.5, 0.6) is 0 Å². The van der Waals surface area contributed by atoms with Gasteiger partial charge in [0.2, 0.25) is 0 Å². The standard InChI is InChI=1S/C25H29FN4O/c1-17-11-13-30(14-12-17)24(27)28-23-16-22(29-31-23)25(2,3)19-9-10-20(21(26)15-19)18-7-5-4-6-8-18/h4-10,15-17H,11-14H2,1-3H3,(H2,27,28). The molecule has 6 heteroatoms. The number of piperidine rings is 1. The third kappa shape index (κ3) is 4.48. The number of guanidine groups is 1. The Bertz CT molecular complexity index is 1070. The number of nitrogens with two attached hydrogens (primary N) is 1. The topological polar surface area (TPSA) is 67.7 Å². The molecular weight excluding hydrogens is 391 g/mol. The van der Waals surface area contributed by atoms with Crippen LogP contribution >= 0.6 is 0 Å². The molecule has 0 bridgehead atoms. The van der Waals surface area contributed by atoms with Crippen molar-refractivity contribution in [3.05, 3.63) is 71.7 Å². The zero-order valence-electron chi connectivity index (χ0n) is 18.3. The highest BCUT2D eigenvalue weighted by Gasteiger charge is 2.28. The van der Waals surface area contributed by atoms with Crippen molar-refractivity contribution in [2.75, 3.05) is 13.1 Å². The lowest BCUT2D eigenvalue weighted by Gasteiger charge is -2.30. The Morgan fingerprint density at radius 3 is 2.52 bits per heavy atom. The van der Waals surface area contributed by atoms with Crippen LogP contribution in [0.4, 0.5) is 10.3 Å². The van der Waals surface area contributed by atoms with Crippen molar-refractivity contribution in [3.63, 3.8) is 0 Å². The fraction of sp³-hybridized carbons (Fsp3) is 0.360. The van der Waals surface area contributed by atoms with Crippen molar-refractivity contribution in [1.29, 1.82) is 0 Å². The van der Waals surface area contributed by atoms with Crippen LogP contribution in [0.15, 0.2) is 64.1 Å². The molecule has 0 spiro atoms. The van der Waals surface area contributed by atoms with E-state index in [0.717, 1.165) is 43.0 Å². The second-order valence-corrected chi connectivity index (χ2v) is 8.88. The second kappa shape index (κ2) is 8.53. The highest BCUT2D eigenvalue weighted by Crippen LogP contribution is 2.35. The van der Waals surface area contributed by atoms with Gasteiger partial charge in [-0.25, -0.2) is 4.39 Å². The van der Waals surface area contributed by atoms with E-state index in [-0.39, 0.29) is 5.82 Å². The Kier molecular flexibility index (Phi) is 5.81. The molecular formula is C25H29FN4O. The molecule has 4 rings (SSSR count). The molecule has 5 nitrogen and oxygen atoms in total. The average molecular weight is 421 g/mol. The predicted octanol–water partition coefficient (Wildman–Crippen LogP) is 5.48. The van der Waals surface area contributed by atoms with Gasteiger partial charge in [0.1, 0.15) is 5.82 Å². The lowest BCUT2D eigenvalue weighted by atomic mass is 9.81. The third-order valence-electron chi connectivity index (χ3n) is 6.25. The second-order valence-electron chi connectivity index (χ2n) is 8.88. The highest BCUT2D eigenvalue weighted by molar-refractivity contribution is 5.80. The van der Waals surface area contributed by atoms with E-state index < -0.39 is 5.41 Å². The minimum absolute atomic E-state index is 0.262. The number of hydrogen-bond acceptors (Lipinski definition) is 3. The van der Waals surface area contributed by atoms with Crippen molar-refractivity contribution in [2.24, 2.45) is 16.6 Å². The van der Waals surface area contributed by atoms with E-state index in [1.165, 1.54) is 0 Å². The smallest absolute Gasteiger partial charge is 0.253 e. The number of hydrogen-bond donors (Lipinski definition) is 1. The zero-order chi connectivity index (χ0) is 22.0. The summed E-state index contributed by atoms with van der Waals surface area (Å²) in [6.45, 7) is 8.03. The maximum atomic E-state index is 14.9. The normalized spacial score (nSPS) is 16.0. The van der Waals surface area contributed by atoms with Crippen LogP contribution in [-0.4, -0.2) is 29.1 Å². The summed E-state index contributed by atoms with van der Waals surface area (Å²) in [5, 5.41) is 4.21. The molecule has 1 aliphatic heterocycles. The molecule has 0 aliphatic carbocycles. The molecule has 1 aliphatic rings. The number of aliphatic imine (C=N–C) groups is 1. The first-order valence-electron chi connectivity index (χ1n) is 10.8. The Labute approximate surface area is 182 Å². The molecule has 0 saturated carbocycles. The zero-order valence-corrected chi connectivity index (χ0v) is 18.3. The quantitative estimate of drug-likeness (QED) is 0.448. The molecule has 1 fully saturated rings. The van der Waals surface area contributed by atoms with Crippen molar-refractivity contribution < 1.29 is 8.91 Å². The molecule has 0 amide bonds. The van der Waals surface area contributed by atoms with Gasteiger partial charge in [-0.3, -0.25) is 0 Å². The van der Waals surface area contributed by atoms with Crippen LogP contribution < -0.4 is 5.73 Å². The van der Waals surface area contributed by atoms with Crippen LogP contribution in [0, 0.1) is 11.7 Å². The van der Waals surface area contributed by atoms with Crippen LogP contribution in [-0.2, 0) is 5.41 Å². The monoisotopic (exact) mass is 420 g/mol. The SMILES string of the molecule is CC1CCN(/C(N)=N\c2cc(C(C)(C)c3ccc(-c4ccccc4)c(F)c3)no2)CC1. The Hall–Kier alpha value is -3.15. The molecule has 2 N–H and O–H groups in total. The van der Waals surface area contributed by atoms with E-state index in [1.54, 1.807) is 12.1 Å². The van der Waals surface area contributed by atoms with Crippen LogP contribution in [0.2, 0.25) is 0 Å². The van der Waals surface area contributed by atoms with Crippen molar-refractivity contribution in [1.82, 2.24) is 10.1 Å². The number of halogens is 1. The Balaban J connectivity index is 1.55. The van der Waals surface area contributed by atoms with Crippen molar-refractivity contribution >= 4 is 11.8 Å². The summed E-state index contributed by atoms with van der Waals surface area (Å²) in [4.78, 5) is 6.50. The van der Waals surface area contributed by atoms with Gasteiger partial charge in [0.05, 0.1) is 5.69 Å². The van der Waals surface area contributed by atoms with Crippen LogP contribution in [0.1, 0.15) is 44.9 Å². The first-order chi connectivity index (χ1) is 14.8. The lowest BCUT2D eigenvalue weighted by Crippen LogP contribution is -2.42. The predicted molar refractivity (Wildman–Crippen MR) is 122 cm³/mol. The number of benzene rings is 2. The fourth-order valence-electron chi connectivity index (χ4n) is 3.94. The Morgan fingerprint density at radius 1 is 1.13 bits per heavy atom. The molecule has 2 aromatic carbocycles. The minimum atomic E-state index is -0.553. The average Bonchev–Trinajstić information content (AvgIpc) is 3.24. The van der Waals surface area contributed by atoms with Gasteiger partial charge >= 0.3 is 0 Å². The molecule has 2 heterocycles. The van der Waals surface area contributed by atoms with Gasteiger partial charge in [-0.2, -0.15) is 4.99 Å². The van der Waals surface area contributed by atoms with E-state index in [1.807, 2.05) is 56.3 Å².